The van der Waals surface area contributed by atoms with Gasteiger partial charge >= 0.3 is 6.09 Å². The Hall–Kier alpha value is -1.53. The van der Waals surface area contributed by atoms with Crippen LogP contribution in [0.1, 0.15) is 0 Å². The van der Waals surface area contributed by atoms with E-state index in [0.29, 0.717) is 17.6 Å². The van der Waals surface area contributed by atoms with E-state index in [1.807, 2.05) is 0 Å². The number of carbonyl (C=O) groups excluding carboxylic acids is 1. The maximum absolute atomic E-state index is 10.4. The van der Waals surface area contributed by atoms with Crippen LogP contribution in [-0.4, -0.2) is 27.2 Å². The molecule has 0 saturated heterocycles. The molecule has 90 valence electrons. The SMILES string of the molecule is NC(=O)OCCn1ccc2nc(Cl)nc(Cl)c21. The lowest BCUT2D eigenvalue weighted by atomic mass is 10.4. The first-order valence-corrected chi connectivity index (χ1v) is 5.43. The molecule has 17 heavy (non-hydrogen) atoms. The van der Waals surface area contributed by atoms with Crippen LogP contribution in [-0.2, 0) is 11.3 Å². The number of nitrogens with two attached hydrogens (primary N) is 1. The van der Waals surface area contributed by atoms with Gasteiger partial charge in [-0.15, -0.1) is 0 Å². The van der Waals surface area contributed by atoms with Gasteiger partial charge in [0.2, 0.25) is 5.28 Å². The van der Waals surface area contributed by atoms with Crippen molar-refractivity contribution in [1.82, 2.24) is 14.5 Å². The standard InChI is InChI=1S/C9H8Cl2N4O2/c10-7-6-5(13-8(11)14-7)1-2-15(6)3-4-17-9(12)16/h1-2H,3-4H2,(H2,12,16). The van der Waals surface area contributed by atoms with Gasteiger partial charge in [-0.25, -0.2) is 14.8 Å². The number of ether oxygens (including phenoxy) is 1. The maximum atomic E-state index is 10.4. The van der Waals surface area contributed by atoms with Crippen LogP contribution < -0.4 is 5.73 Å². The lowest BCUT2D eigenvalue weighted by molar-refractivity contribution is 0.153. The lowest BCUT2D eigenvalue weighted by Crippen LogP contribution is -2.16. The number of fused-ring (bicyclic) bond motifs is 1. The van der Waals surface area contributed by atoms with Crippen molar-refractivity contribution in [3.63, 3.8) is 0 Å². The third-order valence-electron chi connectivity index (χ3n) is 2.12. The van der Waals surface area contributed by atoms with Gasteiger partial charge in [0, 0.05) is 6.20 Å². The molecule has 0 bridgehead atoms. The second-order valence-corrected chi connectivity index (χ2v) is 3.89. The van der Waals surface area contributed by atoms with Gasteiger partial charge in [-0.2, -0.15) is 0 Å². The monoisotopic (exact) mass is 274 g/mol. The number of halogens is 2. The molecule has 0 atom stereocenters. The molecule has 0 unspecified atom stereocenters. The summed E-state index contributed by atoms with van der Waals surface area (Å²) >= 11 is 11.6. The molecule has 0 aliphatic carbocycles. The number of amides is 1. The Balaban J connectivity index is 2.26. The minimum absolute atomic E-state index is 0.0913. The summed E-state index contributed by atoms with van der Waals surface area (Å²) in [6.45, 7) is 0.565. The zero-order chi connectivity index (χ0) is 12.4. The molecule has 0 aliphatic rings. The van der Waals surface area contributed by atoms with Crippen LogP contribution in [0, 0.1) is 0 Å². The summed E-state index contributed by atoms with van der Waals surface area (Å²) in [5.74, 6) is 0. The van der Waals surface area contributed by atoms with E-state index in [4.69, 9.17) is 28.9 Å². The van der Waals surface area contributed by atoms with Crippen molar-refractivity contribution in [2.45, 2.75) is 6.54 Å². The Bertz CT molecular complexity index is 569. The van der Waals surface area contributed by atoms with Crippen molar-refractivity contribution in [1.29, 1.82) is 0 Å². The normalized spacial score (nSPS) is 10.7. The van der Waals surface area contributed by atoms with Crippen LogP contribution in [0.2, 0.25) is 10.4 Å². The molecule has 0 aromatic carbocycles. The first-order chi connectivity index (χ1) is 8.08. The fraction of sp³-hybridized carbons (Fsp3) is 0.222. The molecule has 0 radical (unpaired) electrons. The molecular weight excluding hydrogens is 267 g/mol. The highest BCUT2D eigenvalue weighted by molar-refractivity contribution is 6.35. The molecule has 0 saturated carbocycles. The second kappa shape index (κ2) is 4.77. The summed E-state index contributed by atoms with van der Waals surface area (Å²) in [6.07, 6.45) is 0.943. The van der Waals surface area contributed by atoms with Crippen LogP contribution in [0.5, 0.6) is 0 Å². The molecule has 0 aliphatic heterocycles. The molecule has 6 nitrogen and oxygen atoms in total. The summed E-state index contributed by atoms with van der Waals surface area (Å²) in [6, 6.07) is 1.75. The number of hydrogen-bond donors (Lipinski definition) is 1. The number of rotatable bonds is 3. The van der Waals surface area contributed by atoms with Gasteiger partial charge in [0.1, 0.15) is 12.1 Å². The van der Waals surface area contributed by atoms with E-state index in [1.165, 1.54) is 0 Å². The van der Waals surface area contributed by atoms with Crippen molar-refractivity contribution in [2.75, 3.05) is 6.61 Å². The molecule has 0 spiro atoms. The van der Waals surface area contributed by atoms with Gasteiger partial charge in [-0.3, -0.25) is 0 Å². The summed E-state index contributed by atoms with van der Waals surface area (Å²) in [5.41, 5.74) is 6.13. The largest absolute Gasteiger partial charge is 0.448 e. The smallest absolute Gasteiger partial charge is 0.404 e. The van der Waals surface area contributed by atoms with Gasteiger partial charge < -0.3 is 15.0 Å². The molecule has 8 heteroatoms. The van der Waals surface area contributed by atoms with Crippen molar-refractivity contribution in [3.8, 4) is 0 Å². The van der Waals surface area contributed by atoms with E-state index in [-0.39, 0.29) is 17.0 Å². The molecule has 2 heterocycles. The van der Waals surface area contributed by atoms with E-state index in [1.54, 1.807) is 16.8 Å². The van der Waals surface area contributed by atoms with E-state index in [2.05, 4.69) is 14.7 Å². The van der Waals surface area contributed by atoms with Crippen molar-refractivity contribution < 1.29 is 9.53 Å². The highest BCUT2D eigenvalue weighted by Gasteiger charge is 2.09. The summed E-state index contributed by atoms with van der Waals surface area (Å²) in [4.78, 5) is 18.3. The fourth-order valence-electron chi connectivity index (χ4n) is 1.46. The number of aromatic nitrogens is 3. The molecule has 2 aromatic heterocycles. The summed E-state index contributed by atoms with van der Waals surface area (Å²) in [5, 5.41) is 0.345. The molecule has 2 rings (SSSR count). The second-order valence-electron chi connectivity index (χ2n) is 3.19. The molecule has 2 N–H and O–H groups in total. The van der Waals surface area contributed by atoms with Crippen LogP contribution in [0.15, 0.2) is 12.3 Å². The third kappa shape index (κ3) is 2.59. The minimum Gasteiger partial charge on any atom is -0.448 e. The van der Waals surface area contributed by atoms with E-state index in [0.717, 1.165) is 0 Å². The Morgan fingerprint density at radius 1 is 1.47 bits per heavy atom. The third-order valence-corrected chi connectivity index (χ3v) is 2.55. The number of nitrogens with zero attached hydrogens (tertiary/aromatic N) is 3. The van der Waals surface area contributed by atoms with Gasteiger partial charge in [0.25, 0.3) is 0 Å². The first kappa shape index (κ1) is 11.9. The first-order valence-electron chi connectivity index (χ1n) is 4.68. The van der Waals surface area contributed by atoms with Crippen LogP contribution in [0.25, 0.3) is 11.0 Å². The number of hydrogen-bond acceptors (Lipinski definition) is 4. The summed E-state index contributed by atoms with van der Waals surface area (Å²) in [7, 11) is 0. The average Bonchev–Trinajstić information content (AvgIpc) is 2.60. The fourth-order valence-corrected chi connectivity index (χ4v) is 1.97. The van der Waals surface area contributed by atoms with Gasteiger partial charge in [-0.05, 0) is 17.7 Å². The molecule has 0 fully saturated rings. The Morgan fingerprint density at radius 2 is 2.24 bits per heavy atom. The zero-order valence-electron chi connectivity index (χ0n) is 8.56. The highest BCUT2D eigenvalue weighted by Crippen LogP contribution is 2.22. The van der Waals surface area contributed by atoms with Crippen LogP contribution in [0.3, 0.4) is 0 Å². The minimum atomic E-state index is -0.813. The zero-order valence-corrected chi connectivity index (χ0v) is 10.1. The van der Waals surface area contributed by atoms with E-state index >= 15 is 0 Å². The van der Waals surface area contributed by atoms with E-state index < -0.39 is 6.09 Å². The molecule has 1 amide bonds. The Morgan fingerprint density at radius 3 is 2.94 bits per heavy atom. The van der Waals surface area contributed by atoms with Gasteiger partial charge in [-0.1, -0.05) is 11.6 Å². The predicted octanol–water partition coefficient (Wildman–Crippen LogP) is 1.83. The molecule has 2 aromatic rings. The topological polar surface area (TPSA) is 83.0 Å². The van der Waals surface area contributed by atoms with Crippen molar-refractivity contribution >= 4 is 40.3 Å². The van der Waals surface area contributed by atoms with Crippen molar-refractivity contribution in [3.05, 3.63) is 22.7 Å². The number of carbonyl (C=O) groups is 1. The van der Waals surface area contributed by atoms with Crippen LogP contribution in [0.4, 0.5) is 4.79 Å². The maximum Gasteiger partial charge on any atom is 0.404 e. The number of primary amides is 1. The molecular formula is C9H8Cl2N4O2. The highest BCUT2D eigenvalue weighted by atomic mass is 35.5. The average molecular weight is 275 g/mol. The van der Waals surface area contributed by atoms with Gasteiger partial charge in [0.05, 0.1) is 12.1 Å². The Labute approximate surface area is 106 Å². The summed E-state index contributed by atoms with van der Waals surface area (Å²) < 4.78 is 6.40. The quantitative estimate of drug-likeness (QED) is 0.684. The Kier molecular flexibility index (Phi) is 3.35. The lowest BCUT2D eigenvalue weighted by Gasteiger charge is -2.05. The van der Waals surface area contributed by atoms with E-state index in [9.17, 15) is 4.79 Å². The van der Waals surface area contributed by atoms with Gasteiger partial charge in [0.15, 0.2) is 5.15 Å². The van der Waals surface area contributed by atoms with Crippen LogP contribution >= 0.6 is 23.2 Å². The predicted molar refractivity (Wildman–Crippen MR) is 63.1 cm³/mol. The van der Waals surface area contributed by atoms with Crippen molar-refractivity contribution in [2.24, 2.45) is 5.73 Å².